The standard InChI is InChI=1S/C19H22FNO3/c1-14(15-5-7-16(20)8-6-15)21-19(22)4-3-13-24-18-11-9-17(23-2)10-12-18/h5-12,14H,3-4,13H2,1-2H3,(H,21,22). The van der Waals surface area contributed by atoms with Crippen molar-refractivity contribution in [3.63, 3.8) is 0 Å². The molecule has 2 aromatic rings. The summed E-state index contributed by atoms with van der Waals surface area (Å²) in [4.78, 5) is 11.9. The number of hydrogen-bond acceptors (Lipinski definition) is 3. The van der Waals surface area contributed by atoms with Gasteiger partial charge in [0.1, 0.15) is 17.3 Å². The highest BCUT2D eigenvalue weighted by Gasteiger charge is 2.09. The molecule has 0 radical (unpaired) electrons. The maximum absolute atomic E-state index is 12.9. The number of halogens is 1. The predicted octanol–water partition coefficient (Wildman–Crippen LogP) is 3.87. The minimum Gasteiger partial charge on any atom is -0.497 e. The molecule has 24 heavy (non-hydrogen) atoms. The summed E-state index contributed by atoms with van der Waals surface area (Å²) in [5.74, 6) is 1.19. The summed E-state index contributed by atoms with van der Waals surface area (Å²) >= 11 is 0. The van der Waals surface area contributed by atoms with E-state index < -0.39 is 0 Å². The van der Waals surface area contributed by atoms with Gasteiger partial charge < -0.3 is 14.8 Å². The van der Waals surface area contributed by atoms with E-state index in [1.54, 1.807) is 19.2 Å². The number of rotatable bonds is 8. The summed E-state index contributed by atoms with van der Waals surface area (Å²) in [7, 11) is 1.61. The molecule has 0 aliphatic rings. The van der Waals surface area contributed by atoms with Crippen LogP contribution in [0.5, 0.6) is 11.5 Å². The fraction of sp³-hybridized carbons (Fsp3) is 0.316. The molecule has 0 aliphatic heterocycles. The molecule has 2 rings (SSSR count). The van der Waals surface area contributed by atoms with Gasteiger partial charge in [-0.1, -0.05) is 12.1 Å². The summed E-state index contributed by atoms with van der Waals surface area (Å²) < 4.78 is 23.6. The van der Waals surface area contributed by atoms with E-state index in [4.69, 9.17) is 9.47 Å². The van der Waals surface area contributed by atoms with Crippen LogP contribution in [0.15, 0.2) is 48.5 Å². The molecular weight excluding hydrogens is 309 g/mol. The minimum atomic E-state index is -0.284. The molecule has 5 heteroatoms. The van der Waals surface area contributed by atoms with Crippen LogP contribution in [0.25, 0.3) is 0 Å². The molecule has 1 amide bonds. The van der Waals surface area contributed by atoms with Crippen molar-refractivity contribution in [2.45, 2.75) is 25.8 Å². The highest BCUT2D eigenvalue weighted by molar-refractivity contribution is 5.76. The second kappa shape index (κ2) is 8.91. The number of carbonyl (C=O) groups excluding carboxylic acids is 1. The maximum atomic E-state index is 12.9. The second-order valence-corrected chi connectivity index (χ2v) is 5.47. The van der Waals surface area contributed by atoms with E-state index in [-0.39, 0.29) is 17.8 Å². The van der Waals surface area contributed by atoms with Crippen molar-refractivity contribution in [2.24, 2.45) is 0 Å². The van der Waals surface area contributed by atoms with Gasteiger partial charge in [0.05, 0.1) is 19.8 Å². The van der Waals surface area contributed by atoms with E-state index in [2.05, 4.69) is 5.32 Å². The molecule has 128 valence electrons. The van der Waals surface area contributed by atoms with Gasteiger partial charge in [0, 0.05) is 6.42 Å². The van der Waals surface area contributed by atoms with E-state index in [9.17, 15) is 9.18 Å². The van der Waals surface area contributed by atoms with Crippen LogP contribution in [-0.2, 0) is 4.79 Å². The topological polar surface area (TPSA) is 47.6 Å². The Morgan fingerprint density at radius 1 is 1.08 bits per heavy atom. The van der Waals surface area contributed by atoms with Gasteiger partial charge in [-0.2, -0.15) is 0 Å². The third-order valence-electron chi connectivity index (χ3n) is 3.62. The van der Waals surface area contributed by atoms with Crippen LogP contribution in [0.3, 0.4) is 0 Å². The first-order valence-corrected chi connectivity index (χ1v) is 7.90. The van der Waals surface area contributed by atoms with Gasteiger partial charge in [-0.3, -0.25) is 4.79 Å². The van der Waals surface area contributed by atoms with Crippen molar-refractivity contribution in [2.75, 3.05) is 13.7 Å². The molecule has 0 aromatic heterocycles. The number of amides is 1. The summed E-state index contributed by atoms with van der Waals surface area (Å²) in [5, 5.41) is 2.90. The van der Waals surface area contributed by atoms with Gasteiger partial charge in [-0.15, -0.1) is 0 Å². The van der Waals surface area contributed by atoms with Gasteiger partial charge >= 0.3 is 0 Å². The molecule has 1 N–H and O–H groups in total. The van der Waals surface area contributed by atoms with Gasteiger partial charge in [-0.25, -0.2) is 4.39 Å². The van der Waals surface area contributed by atoms with Crippen LogP contribution in [0.4, 0.5) is 4.39 Å². The lowest BCUT2D eigenvalue weighted by molar-refractivity contribution is -0.121. The lowest BCUT2D eigenvalue weighted by Gasteiger charge is -2.14. The van der Waals surface area contributed by atoms with E-state index in [0.717, 1.165) is 17.1 Å². The Labute approximate surface area is 141 Å². The number of benzene rings is 2. The van der Waals surface area contributed by atoms with Crippen molar-refractivity contribution in [3.8, 4) is 11.5 Å². The number of nitrogens with one attached hydrogen (secondary N) is 1. The molecule has 0 bridgehead atoms. The van der Waals surface area contributed by atoms with Crippen molar-refractivity contribution in [1.82, 2.24) is 5.32 Å². The first kappa shape index (κ1) is 17.8. The smallest absolute Gasteiger partial charge is 0.220 e. The highest BCUT2D eigenvalue weighted by atomic mass is 19.1. The Hall–Kier alpha value is -2.56. The summed E-state index contributed by atoms with van der Waals surface area (Å²) in [6.07, 6.45) is 0.996. The van der Waals surface area contributed by atoms with E-state index in [0.29, 0.717) is 19.4 Å². The Morgan fingerprint density at radius 3 is 2.33 bits per heavy atom. The molecule has 0 fully saturated rings. The molecule has 4 nitrogen and oxygen atoms in total. The van der Waals surface area contributed by atoms with Crippen LogP contribution in [0.2, 0.25) is 0 Å². The second-order valence-electron chi connectivity index (χ2n) is 5.47. The molecule has 0 aliphatic carbocycles. The third-order valence-corrected chi connectivity index (χ3v) is 3.62. The zero-order valence-corrected chi connectivity index (χ0v) is 13.9. The first-order valence-electron chi connectivity index (χ1n) is 7.90. The highest BCUT2D eigenvalue weighted by Crippen LogP contribution is 2.17. The minimum absolute atomic E-state index is 0.0508. The third kappa shape index (κ3) is 5.57. The Morgan fingerprint density at radius 2 is 1.71 bits per heavy atom. The molecular formula is C19H22FNO3. The molecule has 0 saturated carbocycles. The molecule has 0 heterocycles. The maximum Gasteiger partial charge on any atom is 0.220 e. The first-order chi connectivity index (χ1) is 11.6. The van der Waals surface area contributed by atoms with Crippen LogP contribution < -0.4 is 14.8 Å². The number of hydrogen-bond donors (Lipinski definition) is 1. The van der Waals surface area contributed by atoms with Crippen molar-refractivity contribution in [3.05, 3.63) is 59.9 Å². The zero-order chi connectivity index (χ0) is 17.4. The average Bonchev–Trinajstić information content (AvgIpc) is 2.59. The van der Waals surface area contributed by atoms with Crippen LogP contribution in [0.1, 0.15) is 31.4 Å². The van der Waals surface area contributed by atoms with E-state index in [1.165, 1.54) is 12.1 Å². The zero-order valence-electron chi connectivity index (χ0n) is 13.9. The van der Waals surface area contributed by atoms with Crippen LogP contribution in [0, 0.1) is 5.82 Å². The molecule has 2 aromatic carbocycles. The van der Waals surface area contributed by atoms with Crippen molar-refractivity contribution >= 4 is 5.91 Å². The number of carbonyl (C=O) groups is 1. The lowest BCUT2D eigenvalue weighted by atomic mass is 10.1. The van der Waals surface area contributed by atoms with Gasteiger partial charge in [0.15, 0.2) is 0 Å². The Kier molecular flexibility index (Phi) is 6.61. The number of ether oxygens (including phenoxy) is 2. The average molecular weight is 331 g/mol. The monoisotopic (exact) mass is 331 g/mol. The number of methoxy groups -OCH3 is 1. The normalized spacial score (nSPS) is 11.6. The molecule has 0 saturated heterocycles. The predicted molar refractivity (Wildman–Crippen MR) is 90.7 cm³/mol. The fourth-order valence-corrected chi connectivity index (χ4v) is 2.24. The van der Waals surface area contributed by atoms with E-state index in [1.807, 2.05) is 31.2 Å². The summed E-state index contributed by atoms with van der Waals surface area (Å²) in [5.41, 5.74) is 0.874. The van der Waals surface area contributed by atoms with Crippen molar-refractivity contribution < 1.29 is 18.7 Å². The van der Waals surface area contributed by atoms with E-state index >= 15 is 0 Å². The molecule has 0 spiro atoms. The SMILES string of the molecule is COc1ccc(OCCCC(=O)NC(C)c2ccc(F)cc2)cc1. The Balaban J connectivity index is 1.68. The molecule has 1 unspecified atom stereocenters. The quantitative estimate of drug-likeness (QED) is 0.747. The van der Waals surface area contributed by atoms with Crippen molar-refractivity contribution in [1.29, 1.82) is 0 Å². The van der Waals surface area contributed by atoms with Gasteiger partial charge in [0.25, 0.3) is 0 Å². The van der Waals surface area contributed by atoms with Crippen LogP contribution >= 0.6 is 0 Å². The lowest BCUT2D eigenvalue weighted by Crippen LogP contribution is -2.26. The summed E-state index contributed by atoms with van der Waals surface area (Å²) in [6.45, 7) is 2.34. The van der Waals surface area contributed by atoms with Crippen LogP contribution in [-0.4, -0.2) is 19.6 Å². The largest absolute Gasteiger partial charge is 0.497 e. The fourth-order valence-electron chi connectivity index (χ4n) is 2.24. The molecule has 1 atom stereocenters. The Bertz CT molecular complexity index is 641. The van der Waals surface area contributed by atoms with Gasteiger partial charge in [0.2, 0.25) is 5.91 Å². The summed E-state index contributed by atoms with van der Waals surface area (Å²) in [6, 6.07) is 13.3. The van der Waals surface area contributed by atoms with Gasteiger partial charge in [-0.05, 0) is 55.3 Å².